The molecule has 0 fully saturated rings. The fraction of sp³-hybridized carbons (Fsp3) is 0.583. The van der Waals surface area contributed by atoms with Gasteiger partial charge >= 0.3 is 0 Å². The van der Waals surface area contributed by atoms with Crippen molar-refractivity contribution >= 4 is 5.82 Å². The first-order valence-corrected chi connectivity index (χ1v) is 5.20. The zero-order valence-electron chi connectivity index (χ0n) is 9.76. The molecule has 0 bridgehead atoms. The van der Waals surface area contributed by atoms with Gasteiger partial charge in [0.25, 0.3) is 0 Å². The summed E-state index contributed by atoms with van der Waals surface area (Å²) in [5.74, 6) is 1.59. The first-order valence-electron chi connectivity index (χ1n) is 5.20. The average molecular weight is 192 g/mol. The van der Waals surface area contributed by atoms with Gasteiger partial charge in [-0.15, -0.1) is 0 Å². The lowest BCUT2D eigenvalue weighted by atomic mass is 9.91. The molecule has 1 heterocycles. The standard InChI is InChI=1S/C12H20N2/c1-7(2)11-9(5)6-10(13)14-12(11)8(3)4/h6-8H,1-5H3,(H2,13,14). The van der Waals surface area contributed by atoms with Crippen molar-refractivity contribution in [2.45, 2.75) is 46.5 Å². The number of rotatable bonds is 2. The third kappa shape index (κ3) is 2.06. The molecular formula is C12H20N2. The Labute approximate surface area is 86.5 Å². The molecule has 0 amide bonds. The van der Waals surface area contributed by atoms with Crippen LogP contribution in [0, 0.1) is 6.92 Å². The number of anilines is 1. The zero-order valence-corrected chi connectivity index (χ0v) is 9.76. The molecular weight excluding hydrogens is 172 g/mol. The van der Waals surface area contributed by atoms with E-state index in [1.165, 1.54) is 11.1 Å². The second-order valence-corrected chi connectivity index (χ2v) is 4.47. The third-order valence-corrected chi connectivity index (χ3v) is 2.44. The zero-order chi connectivity index (χ0) is 10.9. The Bertz CT molecular complexity index is 327. The van der Waals surface area contributed by atoms with E-state index in [2.05, 4.69) is 39.6 Å². The maximum Gasteiger partial charge on any atom is 0.123 e. The molecule has 2 N–H and O–H groups in total. The molecule has 0 radical (unpaired) electrons. The van der Waals surface area contributed by atoms with Crippen LogP contribution in [0.4, 0.5) is 5.82 Å². The first-order chi connectivity index (χ1) is 6.43. The van der Waals surface area contributed by atoms with Crippen LogP contribution in [-0.4, -0.2) is 4.98 Å². The van der Waals surface area contributed by atoms with Crippen molar-refractivity contribution in [3.8, 4) is 0 Å². The van der Waals surface area contributed by atoms with E-state index in [-0.39, 0.29) is 0 Å². The molecule has 14 heavy (non-hydrogen) atoms. The lowest BCUT2D eigenvalue weighted by Crippen LogP contribution is -2.07. The van der Waals surface area contributed by atoms with Gasteiger partial charge in [-0.05, 0) is 36.0 Å². The lowest BCUT2D eigenvalue weighted by molar-refractivity contribution is 0.753. The van der Waals surface area contributed by atoms with Crippen LogP contribution in [-0.2, 0) is 0 Å². The van der Waals surface area contributed by atoms with E-state index in [0.29, 0.717) is 17.7 Å². The van der Waals surface area contributed by atoms with Gasteiger partial charge in [0.2, 0.25) is 0 Å². The Hall–Kier alpha value is -1.05. The van der Waals surface area contributed by atoms with Crippen molar-refractivity contribution in [2.75, 3.05) is 5.73 Å². The van der Waals surface area contributed by atoms with Gasteiger partial charge in [-0.3, -0.25) is 0 Å². The second kappa shape index (κ2) is 3.99. The van der Waals surface area contributed by atoms with Gasteiger partial charge in [0.05, 0.1) is 0 Å². The van der Waals surface area contributed by atoms with Gasteiger partial charge in [0.1, 0.15) is 5.82 Å². The highest BCUT2D eigenvalue weighted by Gasteiger charge is 2.14. The molecule has 0 saturated carbocycles. The van der Waals surface area contributed by atoms with Crippen LogP contribution < -0.4 is 5.73 Å². The highest BCUT2D eigenvalue weighted by atomic mass is 14.8. The molecule has 0 aliphatic carbocycles. The predicted octanol–water partition coefficient (Wildman–Crippen LogP) is 3.22. The van der Waals surface area contributed by atoms with Gasteiger partial charge in [-0.25, -0.2) is 4.98 Å². The molecule has 1 aromatic rings. The maximum absolute atomic E-state index is 5.76. The molecule has 2 nitrogen and oxygen atoms in total. The van der Waals surface area contributed by atoms with Crippen LogP contribution >= 0.6 is 0 Å². The summed E-state index contributed by atoms with van der Waals surface area (Å²) >= 11 is 0. The van der Waals surface area contributed by atoms with E-state index in [1.807, 2.05) is 6.07 Å². The highest BCUT2D eigenvalue weighted by Crippen LogP contribution is 2.28. The minimum atomic E-state index is 0.439. The summed E-state index contributed by atoms with van der Waals surface area (Å²) < 4.78 is 0. The minimum absolute atomic E-state index is 0.439. The van der Waals surface area contributed by atoms with Crippen LogP contribution in [0.1, 0.15) is 56.4 Å². The van der Waals surface area contributed by atoms with E-state index in [0.717, 1.165) is 5.69 Å². The summed E-state index contributed by atoms with van der Waals surface area (Å²) in [6, 6.07) is 1.96. The summed E-state index contributed by atoms with van der Waals surface area (Å²) in [5, 5.41) is 0. The Morgan fingerprint density at radius 2 is 1.71 bits per heavy atom. The maximum atomic E-state index is 5.76. The Morgan fingerprint density at radius 3 is 2.14 bits per heavy atom. The minimum Gasteiger partial charge on any atom is -0.384 e. The van der Waals surface area contributed by atoms with Crippen LogP contribution in [0.3, 0.4) is 0 Å². The van der Waals surface area contributed by atoms with Gasteiger partial charge in [0, 0.05) is 5.69 Å². The Kier molecular flexibility index (Phi) is 3.14. The van der Waals surface area contributed by atoms with Gasteiger partial charge in [-0.1, -0.05) is 27.7 Å². The SMILES string of the molecule is Cc1cc(N)nc(C(C)C)c1C(C)C. The summed E-state index contributed by atoms with van der Waals surface area (Å²) in [7, 11) is 0. The van der Waals surface area contributed by atoms with E-state index in [1.54, 1.807) is 0 Å². The second-order valence-electron chi connectivity index (χ2n) is 4.47. The molecule has 0 aliphatic heterocycles. The van der Waals surface area contributed by atoms with Gasteiger partial charge in [-0.2, -0.15) is 0 Å². The topological polar surface area (TPSA) is 38.9 Å². The fourth-order valence-corrected chi connectivity index (χ4v) is 1.92. The van der Waals surface area contributed by atoms with Crippen LogP contribution in [0.2, 0.25) is 0 Å². The van der Waals surface area contributed by atoms with Crippen molar-refractivity contribution in [1.82, 2.24) is 4.98 Å². The number of nitrogen functional groups attached to an aromatic ring is 1. The summed E-state index contributed by atoms with van der Waals surface area (Å²) in [5.41, 5.74) is 9.52. The molecule has 0 unspecified atom stereocenters. The van der Waals surface area contributed by atoms with Crippen LogP contribution in [0.15, 0.2) is 6.07 Å². The normalized spacial score (nSPS) is 11.4. The Balaban J connectivity index is 3.37. The molecule has 0 aliphatic rings. The average Bonchev–Trinajstić information content (AvgIpc) is 2.01. The number of pyridine rings is 1. The van der Waals surface area contributed by atoms with Crippen molar-refractivity contribution in [1.29, 1.82) is 0 Å². The molecule has 0 aromatic carbocycles. The number of nitrogens with two attached hydrogens (primary N) is 1. The monoisotopic (exact) mass is 192 g/mol. The lowest BCUT2D eigenvalue weighted by Gasteiger charge is -2.18. The highest BCUT2D eigenvalue weighted by molar-refractivity contribution is 5.43. The summed E-state index contributed by atoms with van der Waals surface area (Å²) in [6.45, 7) is 10.8. The van der Waals surface area contributed by atoms with E-state index < -0.39 is 0 Å². The van der Waals surface area contributed by atoms with E-state index >= 15 is 0 Å². The molecule has 0 saturated heterocycles. The van der Waals surface area contributed by atoms with Crippen molar-refractivity contribution in [3.63, 3.8) is 0 Å². The third-order valence-electron chi connectivity index (χ3n) is 2.44. The van der Waals surface area contributed by atoms with Crippen molar-refractivity contribution in [3.05, 3.63) is 22.9 Å². The first kappa shape index (κ1) is 11.0. The summed E-state index contributed by atoms with van der Waals surface area (Å²) in [6.07, 6.45) is 0. The van der Waals surface area contributed by atoms with Crippen LogP contribution in [0.25, 0.3) is 0 Å². The number of hydrogen-bond acceptors (Lipinski definition) is 2. The largest absolute Gasteiger partial charge is 0.384 e. The molecule has 78 valence electrons. The van der Waals surface area contributed by atoms with Crippen molar-refractivity contribution in [2.24, 2.45) is 0 Å². The quantitative estimate of drug-likeness (QED) is 0.781. The smallest absolute Gasteiger partial charge is 0.123 e. The van der Waals surface area contributed by atoms with E-state index in [9.17, 15) is 0 Å². The summed E-state index contributed by atoms with van der Waals surface area (Å²) in [4.78, 5) is 4.43. The van der Waals surface area contributed by atoms with Crippen LogP contribution in [0.5, 0.6) is 0 Å². The molecule has 1 aromatic heterocycles. The number of hydrogen-bond donors (Lipinski definition) is 1. The molecule has 2 heteroatoms. The van der Waals surface area contributed by atoms with Gasteiger partial charge in [0.15, 0.2) is 0 Å². The molecule has 0 atom stereocenters. The predicted molar refractivity (Wildman–Crippen MR) is 61.6 cm³/mol. The Morgan fingerprint density at radius 1 is 1.14 bits per heavy atom. The van der Waals surface area contributed by atoms with Crippen molar-refractivity contribution < 1.29 is 0 Å². The van der Waals surface area contributed by atoms with E-state index in [4.69, 9.17) is 5.73 Å². The van der Waals surface area contributed by atoms with Gasteiger partial charge < -0.3 is 5.73 Å². The number of nitrogens with zero attached hydrogens (tertiary/aromatic N) is 1. The number of aryl methyl sites for hydroxylation is 1. The number of aromatic nitrogens is 1. The fourth-order valence-electron chi connectivity index (χ4n) is 1.92. The molecule has 0 spiro atoms. The molecule has 1 rings (SSSR count).